The topological polar surface area (TPSA) is 42.0 Å². The van der Waals surface area contributed by atoms with Gasteiger partial charge in [-0.15, -0.1) is 11.6 Å². The maximum atomic E-state index is 12.4. The molecule has 1 N–H and O–H groups in total. The molecule has 116 valence electrons. The number of nitrogens with zero attached hydrogens (tertiary/aromatic N) is 1. The third-order valence-electron chi connectivity index (χ3n) is 3.65. The van der Waals surface area contributed by atoms with E-state index in [1.165, 1.54) is 0 Å². The zero-order valence-corrected chi connectivity index (χ0v) is 12.0. The number of amides is 1. The van der Waals surface area contributed by atoms with Gasteiger partial charge in [-0.2, -0.15) is 13.2 Å². The second-order valence-electron chi connectivity index (χ2n) is 5.26. The van der Waals surface area contributed by atoms with Gasteiger partial charge in [0.2, 0.25) is 0 Å². The van der Waals surface area contributed by atoms with E-state index in [0.717, 1.165) is 37.8 Å². The van der Waals surface area contributed by atoms with Gasteiger partial charge in [0.05, 0.1) is 5.56 Å². The van der Waals surface area contributed by atoms with Gasteiger partial charge in [-0.25, -0.2) is 0 Å². The summed E-state index contributed by atoms with van der Waals surface area (Å²) >= 11 is 6.00. The molecule has 1 aliphatic carbocycles. The van der Waals surface area contributed by atoms with Crippen LogP contribution in [-0.4, -0.2) is 22.8 Å². The van der Waals surface area contributed by atoms with E-state index in [1.54, 1.807) is 0 Å². The normalized spacial score (nSPS) is 22.9. The first kappa shape index (κ1) is 16.1. The van der Waals surface area contributed by atoms with Crippen LogP contribution < -0.4 is 5.32 Å². The standard InChI is InChI=1S/C14H16ClF3N2O/c15-11-4-1-9(2-5-11)7-20-13(21)12-6-3-10(8-19-12)14(16,17)18/h3,6,8-9,11H,1-2,4-5,7H2,(H,20,21). The van der Waals surface area contributed by atoms with Crippen LogP contribution in [0.4, 0.5) is 13.2 Å². The fourth-order valence-corrected chi connectivity index (χ4v) is 2.60. The summed E-state index contributed by atoms with van der Waals surface area (Å²) in [5.74, 6) is -0.0740. The van der Waals surface area contributed by atoms with E-state index < -0.39 is 17.6 Å². The Balaban J connectivity index is 1.86. The maximum absolute atomic E-state index is 12.4. The van der Waals surface area contributed by atoms with Crippen LogP contribution in [-0.2, 0) is 6.18 Å². The Bertz CT molecular complexity index is 482. The lowest BCUT2D eigenvalue weighted by molar-refractivity contribution is -0.137. The van der Waals surface area contributed by atoms with Crippen LogP contribution in [0.15, 0.2) is 18.3 Å². The lowest BCUT2D eigenvalue weighted by Gasteiger charge is -2.24. The number of carbonyl (C=O) groups is 1. The lowest BCUT2D eigenvalue weighted by Crippen LogP contribution is -2.32. The van der Waals surface area contributed by atoms with E-state index in [2.05, 4.69) is 10.3 Å². The van der Waals surface area contributed by atoms with Crippen molar-refractivity contribution in [2.45, 2.75) is 37.2 Å². The molecule has 1 aromatic rings. The number of halogens is 4. The number of hydrogen-bond donors (Lipinski definition) is 1. The quantitative estimate of drug-likeness (QED) is 0.864. The van der Waals surface area contributed by atoms with Crippen molar-refractivity contribution in [3.05, 3.63) is 29.6 Å². The van der Waals surface area contributed by atoms with Gasteiger partial charge in [0.15, 0.2) is 0 Å². The number of alkyl halides is 4. The summed E-state index contributed by atoms with van der Waals surface area (Å²) in [6.07, 6.45) is 0.000832. The molecule has 0 radical (unpaired) electrons. The van der Waals surface area contributed by atoms with E-state index in [4.69, 9.17) is 11.6 Å². The third-order valence-corrected chi connectivity index (χ3v) is 4.09. The Labute approximate surface area is 125 Å². The highest BCUT2D eigenvalue weighted by molar-refractivity contribution is 6.20. The van der Waals surface area contributed by atoms with Gasteiger partial charge < -0.3 is 5.32 Å². The van der Waals surface area contributed by atoms with Crippen LogP contribution in [0, 0.1) is 5.92 Å². The highest BCUT2D eigenvalue weighted by Gasteiger charge is 2.31. The number of pyridine rings is 1. The minimum absolute atomic E-state index is 0.00553. The van der Waals surface area contributed by atoms with E-state index in [0.29, 0.717) is 18.7 Å². The van der Waals surface area contributed by atoms with Crippen molar-refractivity contribution >= 4 is 17.5 Å². The highest BCUT2D eigenvalue weighted by atomic mass is 35.5. The second kappa shape index (κ2) is 6.64. The Morgan fingerprint density at radius 1 is 1.29 bits per heavy atom. The minimum Gasteiger partial charge on any atom is -0.350 e. The average molecular weight is 321 g/mol. The first-order chi connectivity index (χ1) is 9.86. The smallest absolute Gasteiger partial charge is 0.350 e. The molecule has 0 aliphatic heterocycles. The van der Waals surface area contributed by atoms with E-state index in [9.17, 15) is 18.0 Å². The first-order valence-electron chi connectivity index (χ1n) is 6.82. The van der Waals surface area contributed by atoms with Crippen molar-refractivity contribution in [2.24, 2.45) is 5.92 Å². The summed E-state index contributed by atoms with van der Waals surface area (Å²) < 4.78 is 37.2. The SMILES string of the molecule is O=C(NCC1CCC(Cl)CC1)c1ccc(C(F)(F)F)cn1. The van der Waals surface area contributed by atoms with Gasteiger partial charge in [-0.3, -0.25) is 9.78 Å². The number of aromatic nitrogens is 1. The third kappa shape index (κ3) is 4.59. The molecule has 0 spiro atoms. The van der Waals surface area contributed by atoms with Crippen LogP contribution in [0.3, 0.4) is 0 Å². The Morgan fingerprint density at radius 2 is 1.95 bits per heavy atom. The van der Waals surface area contributed by atoms with Crippen molar-refractivity contribution in [1.29, 1.82) is 0 Å². The monoisotopic (exact) mass is 320 g/mol. The summed E-state index contributed by atoms with van der Waals surface area (Å²) in [7, 11) is 0. The molecular formula is C14H16ClF3N2O. The number of nitrogens with one attached hydrogen (secondary N) is 1. The van der Waals surface area contributed by atoms with Crippen molar-refractivity contribution in [2.75, 3.05) is 6.54 Å². The Kier molecular flexibility index (Phi) is 5.08. The molecule has 1 amide bonds. The van der Waals surface area contributed by atoms with E-state index in [1.807, 2.05) is 0 Å². The van der Waals surface area contributed by atoms with Gasteiger partial charge in [0.25, 0.3) is 5.91 Å². The van der Waals surface area contributed by atoms with Crippen LogP contribution in [0.2, 0.25) is 0 Å². The fourth-order valence-electron chi connectivity index (χ4n) is 2.35. The Hall–Kier alpha value is -1.30. The molecule has 1 aliphatic rings. The molecule has 7 heteroatoms. The summed E-state index contributed by atoms with van der Waals surface area (Å²) in [5.41, 5.74) is -0.867. The molecule has 0 saturated heterocycles. The van der Waals surface area contributed by atoms with Crippen molar-refractivity contribution < 1.29 is 18.0 Å². The summed E-state index contributed by atoms with van der Waals surface area (Å²) in [4.78, 5) is 15.4. The van der Waals surface area contributed by atoms with Gasteiger partial charge >= 0.3 is 6.18 Å². The first-order valence-corrected chi connectivity index (χ1v) is 7.25. The fraction of sp³-hybridized carbons (Fsp3) is 0.571. The molecule has 0 bridgehead atoms. The molecule has 1 heterocycles. The summed E-state index contributed by atoms with van der Waals surface area (Å²) in [6, 6.07) is 1.95. The number of hydrogen-bond acceptors (Lipinski definition) is 2. The summed E-state index contributed by atoms with van der Waals surface area (Å²) in [6.45, 7) is 0.505. The average Bonchev–Trinajstić information content (AvgIpc) is 2.45. The van der Waals surface area contributed by atoms with Crippen LogP contribution in [0.25, 0.3) is 0 Å². The lowest BCUT2D eigenvalue weighted by atomic mass is 9.89. The molecule has 3 nitrogen and oxygen atoms in total. The highest BCUT2D eigenvalue weighted by Crippen LogP contribution is 2.28. The minimum atomic E-state index is -4.44. The molecular weight excluding hydrogens is 305 g/mol. The predicted octanol–water partition coefficient (Wildman–Crippen LogP) is 3.63. The van der Waals surface area contributed by atoms with Crippen molar-refractivity contribution in [3.8, 4) is 0 Å². The maximum Gasteiger partial charge on any atom is 0.417 e. The number of rotatable bonds is 3. The second-order valence-corrected chi connectivity index (χ2v) is 5.88. The van der Waals surface area contributed by atoms with E-state index >= 15 is 0 Å². The number of carbonyl (C=O) groups excluding carboxylic acids is 1. The van der Waals surface area contributed by atoms with Crippen molar-refractivity contribution in [1.82, 2.24) is 10.3 Å². The molecule has 0 aromatic carbocycles. The van der Waals surface area contributed by atoms with Gasteiger partial charge in [0.1, 0.15) is 5.69 Å². The van der Waals surface area contributed by atoms with Crippen LogP contribution >= 0.6 is 11.6 Å². The molecule has 1 fully saturated rings. The molecule has 0 unspecified atom stereocenters. The Morgan fingerprint density at radius 3 is 2.48 bits per heavy atom. The molecule has 1 saturated carbocycles. The van der Waals surface area contributed by atoms with Crippen LogP contribution in [0.5, 0.6) is 0 Å². The van der Waals surface area contributed by atoms with Gasteiger partial charge in [-0.1, -0.05) is 0 Å². The molecule has 21 heavy (non-hydrogen) atoms. The predicted molar refractivity (Wildman–Crippen MR) is 73.2 cm³/mol. The summed E-state index contributed by atoms with van der Waals surface area (Å²) in [5, 5.41) is 2.93. The zero-order valence-electron chi connectivity index (χ0n) is 11.3. The molecule has 0 atom stereocenters. The van der Waals surface area contributed by atoms with Crippen molar-refractivity contribution in [3.63, 3.8) is 0 Å². The zero-order chi connectivity index (χ0) is 15.5. The molecule has 2 rings (SSSR count). The largest absolute Gasteiger partial charge is 0.417 e. The van der Waals surface area contributed by atoms with Gasteiger partial charge in [-0.05, 0) is 43.7 Å². The van der Waals surface area contributed by atoms with E-state index in [-0.39, 0.29) is 11.1 Å². The van der Waals surface area contributed by atoms with Crippen LogP contribution in [0.1, 0.15) is 41.7 Å². The molecule has 1 aromatic heterocycles. The van der Waals surface area contributed by atoms with Gasteiger partial charge in [0, 0.05) is 18.1 Å².